The molecule has 1 atom stereocenters. The first-order valence-electron chi connectivity index (χ1n) is 10.7. The molecule has 0 fully saturated rings. The van der Waals surface area contributed by atoms with Crippen molar-refractivity contribution in [1.82, 2.24) is 4.57 Å². The van der Waals surface area contributed by atoms with Crippen molar-refractivity contribution >= 4 is 40.6 Å². The van der Waals surface area contributed by atoms with Gasteiger partial charge in [-0.1, -0.05) is 89.7 Å². The minimum absolute atomic E-state index is 0.213. The van der Waals surface area contributed by atoms with Crippen LogP contribution in [-0.2, 0) is 4.79 Å². The summed E-state index contributed by atoms with van der Waals surface area (Å²) in [7, 11) is 0. The number of amides is 1. The Morgan fingerprint density at radius 1 is 1.00 bits per heavy atom. The second kappa shape index (κ2) is 9.25. The SMILES string of the molecule is CC1=C(C(=O)Nc2ccccc2)[C@@H](c2ccccc2)n2c(s/c(=C/c3ccccc3Cl)c2=O)=N1. The van der Waals surface area contributed by atoms with Gasteiger partial charge in [-0.3, -0.25) is 14.2 Å². The summed E-state index contributed by atoms with van der Waals surface area (Å²) in [6.07, 6.45) is 1.78. The van der Waals surface area contributed by atoms with Crippen LogP contribution in [0, 0.1) is 0 Å². The lowest BCUT2D eigenvalue weighted by atomic mass is 9.95. The molecule has 1 amide bonds. The molecule has 0 radical (unpaired) electrons. The van der Waals surface area contributed by atoms with Gasteiger partial charge in [0.05, 0.1) is 21.8 Å². The quantitative estimate of drug-likeness (QED) is 0.461. The first-order chi connectivity index (χ1) is 16.5. The predicted octanol–water partition coefficient (Wildman–Crippen LogP) is 4.53. The molecule has 34 heavy (non-hydrogen) atoms. The Bertz CT molecular complexity index is 1590. The molecule has 0 unspecified atom stereocenters. The van der Waals surface area contributed by atoms with Crippen LogP contribution in [0.2, 0.25) is 5.02 Å². The summed E-state index contributed by atoms with van der Waals surface area (Å²) in [6, 6.07) is 25.6. The van der Waals surface area contributed by atoms with E-state index in [4.69, 9.17) is 11.6 Å². The molecule has 0 bridgehead atoms. The fourth-order valence-corrected chi connectivity index (χ4v) is 5.24. The van der Waals surface area contributed by atoms with Crippen molar-refractivity contribution in [3.63, 3.8) is 0 Å². The van der Waals surface area contributed by atoms with E-state index in [9.17, 15) is 9.59 Å². The molecule has 7 heteroatoms. The summed E-state index contributed by atoms with van der Waals surface area (Å²) in [5.74, 6) is -0.290. The molecule has 0 spiro atoms. The number of nitrogens with one attached hydrogen (secondary N) is 1. The third-order valence-corrected chi connectivity index (χ3v) is 6.93. The number of thiazole rings is 1. The fourth-order valence-electron chi connectivity index (χ4n) is 4.02. The van der Waals surface area contributed by atoms with E-state index in [1.54, 1.807) is 23.6 Å². The van der Waals surface area contributed by atoms with Crippen molar-refractivity contribution in [1.29, 1.82) is 0 Å². The fraction of sp³-hybridized carbons (Fsp3) is 0.0741. The molecule has 4 aromatic rings. The Kier molecular flexibility index (Phi) is 6.01. The van der Waals surface area contributed by atoms with E-state index in [2.05, 4.69) is 10.3 Å². The summed E-state index contributed by atoms with van der Waals surface area (Å²) in [4.78, 5) is 32.3. The van der Waals surface area contributed by atoms with Crippen LogP contribution in [0.4, 0.5) is 5.69 Å². The Labute approximate surface area is 205 Å². The molecule has 168 valence electrons. The smallest absolute Gasteiger partial charge is 0.271 e. The molecule has 3 aromatic carbocycles. The largest absolute Gasteiger partial charge is 0.322 e. The standard InChI is InChI=1S/C27H20ClN3O2S/c1-17-23(25(32)30-20-13-6-3-7-14-20)24(18-10-4-2-5-11-18)31-26(33)22(34-27(31)29-17)16-19-12-8-9-15-21(19)28/h2-16,24H,1H3,(H,30,32)/b22-16+/t24-/m1/s1. The predicted molar refractivity (Wildman–Crippen MR) is 137 cm³/mol. The average molecular weight is 486 g/mol. The van der Waals surface area contributed by atoms with E-state index in [1.165, 1.54) is 11.3 Å². The van der Waals surface area contributed by atoms with Gasteiger partial charge in [-0.05, 0) is 42.3 Å². The third kappa shape index (κ3) is 4.14. The highest BCUT2D eigenvalue weighted by atomic mass is 35.5. The molecular weight excluding hydrogens is 466 g/mol. The highest BCUT2D eigenvalue weighted by Gasteiger charge is 2.32. The van der Waals surface area contributed by atoms with Crippen LogP contribution in [0.1, 0.15) is 24.1 Å². The third-order valence-electron chi connectivity index (χ3n) is 5.61. The summed E-state index contributed by atoms with van der Waals surface area (Å²) in [6.45, 7) is 1.81. The van der Waals surface area contributed by atoms with Crippen LogP contribution in [0.25, 0.3) is 6.08 Å². The summed E-state index contributed by atoms with van der Waals surface area (Å²) < 4.78 is 2.11. The van der Waals surface area contributed by atoms with Gasteiger partial charge < -0.3 is 5.32 Å². The minimum atomic E-state index is -0.602. The van der Waals surface area contributed by atoms with Crippen molar-refractivity contribution in [3.05, 3.63) is 132 Å². The zero-order valence-corrected chi connectivity index (χ0v) is 19.8. The normalized spacial score (nSPS) is 15.6. The van der Waals surface area contributed by atoms with Gasteiger partial charge in [0, 0.05) is 10.7 Å². The Balaban J connectivity index is 1.68. The number of rotatable bonds is 4. The molecule has 1 aliphatic heterocycles. The van der Waals surface area contributed by atoms with Crippen LogP contribution in [0.15, 0.2) is 106 Å². The second-order valence-corrected chi connectivity index (χ2v) is 9.25. The number of benzene rings is 3. The van der Waals surface area contributed by atoms with Crippen LogP contribution >= 0.6 is 22.9 Å². The van der Waals surface area contributed by atoms with Gasteiger partial charge in [0.15, 0.2) is 4.80 Å². The molecule has 5 nitrogen and oxygen atoms in total. The van der Waals surface area contributed by atoms with Crippen LogP contribution in [0.3, 0.4) is 0 Å². The van der Waals surface area contributed by atoms with E-state index in [0.717, 1.165) is 11.1 Å². The van der Waals surface area contributed by atoms with Crippen molar-refractivity contribution < 1.29 is 4.79 Å². The zero-order valence-electron chi connectivity index (χ0n) is 18.2. The molecule has 2 heterocycles. The van der Waals surface area contributed by atoms with E-state index in [0.29, 0.717) is 31.3 Å². The maximum atomic E-state index is 13.6. The summed E-state index contributed by atoms with van der Waals surface area (Å²) in [5, 5.41) is 3.51. The lowest BCUT2D eigenvalue weighted by molar-refractivity contribution is -0.113. The van der Waals surface area contributed by atoms with E-state index in [1.807, 2.05) is 78.9 Å². The molecular formula is C27H20ClN3O2S. The molecule has 0 saturated heterocycles. The van der Waals surface area contributed by atoms with E-state index < -0.39 is 6.04 Å². The Morgan fingerprint density at radius 2 is 1.65 bits per heavy atom. The highest BCUT2D eigenvalue weighted by Crippen LogP contribution is 2.30. The maximum absolute atomic E-state index is 13.6. The lowest BCUT2D eigenvalue weighted by Gasteiger charge is -2.25. The Hall–Kier alpha value is -3.74. The second-order valence-electron chi connectivity index (χ2n) is 7.83. The number of carbonyl (C=O) groups excluding carboxylic acids is 1. The van der Waals surface area contributed by atoms with E-state index in [-0.39, 0.29) is 11.5 Å². The number of carbonyl (C=O) groups is 1. The van der Waals surface area contributed by atoms with Gasteiger partial charge in [0.25, 0.3) is 11.5 Å². The summed E-state index contributed by atoms with van der Waals surface area (Å²) >= 11 is 7.61. The van der Waals surface area contributed by atoms with Crippen molar-refractivity contribution in [3.8, 4) is 0 Å². The zero-order chi connectivity index (χ0) is 23.7. The number of anilines is 1. The molecule has 1 aliphatic rings. The van der Waals surface area contributed by atoms with Crippen LogP contribution in [0.5, 0.6) is 0 Å². The number of nitrogens with zero attached hydrogens (tertiary/aromatic N) is 2. The van der Waals surface area contributed by atoms with Gasteiger partial charge >= 0.3 is 0 Å². The topological polar surface area (TPSA) is 63.5 Å². The van der Waals surface area contributed by atoms with Gasteiger partial charge in [-0.15, -0.1) is 0 Å². The number of allylic oxidation sites excluding steroid dienone is 1. The molecule has 1 aromatic heterocycles. The first kappa shape index (κ1) is 22.1. The van der Waals surface area contributed by atoms with Gasteiger partial charge in [0.1, 0.15) is 0 Å². The molecule has 0 saturated carbocycles. The van der Waals surface area contributed by atoms with E-state index >= 15 is 0 Å². The first-order valence-corrected chi connectivity index (χ1v) is 11.9. The lowest BCUT2D eigenvalue weighted by Crippen LogP contribution is -2.40. The van der Waals surface area contributed by atoms with Gasteiger partial charge in [0.2, 0.25) is 0 Å². The number of hydrogen-bond donors (Lipinski definition) is 1. The minimum Gasteiger partial charge on any atom is -0.322 e. The maximum Gasteiger partial charge on any atom is 0.271 e. The number of aromatic nitrogens is 1. The molecule has 5 rings (SSSR count). The number of halogens is 1. The van der Waals surface area contributed by atoms with Gasteiger partial charge in [-0.2, -0.15) is 0 Å². The van der Waals surface area contributed by atoms with Gasteiger partial charge in [-0.25, -0.2) is 4.99 Å². The summed E-state index contributed by atoms with van der Waals surface area (Å²) in [5.41, 5.74) is 3.06. The molecule has 1 N–H and O–H groups in total. The monoisotopic (exact) mass is 485 g/mol. The molecule has 0 aliphatic carbocycles. The number of fused-ring (bicyclic) bond motifs is 1. The van der Waals surface area contributed by atoms with Crippen molar-refractivity contribution in [2.75, 3.05) is 5.32 Å². The number of hydrogen-bond acceptors (Lipinski definition) is 4. The van der Waals surface area contributed by atoms with Crippen molar-refractivity contribution in [2.24, 2.45) is 4.99 Å². The van der Waals surface area contributed by atoms with Crippen LogP contribution in [-0.4, -0.2) is 10.5 Å². The Morgan fingerprint density at radius 3 is 2.35 bits per heavy atom. The average Bonchev–Trinajstić information content (AvgIpc) is 3.15. The van der Waals surface area contributed by atoms with Crippen LogP contribution < -0.4 is 20.2 Å². The number of para-hydroxylation sites is 1. The van der Waals surface area contributed by atoms with Crippen molar-refractivity contribution in [2.45, 2.75) is 13.0 Å². The highest BCUT2D eigenvalue weighted by molar-refractivity contribution is 7.07.